The van der Waals surface area contributed by atoms with Gasteiger partial charge in [-0.05, 0) is 121 Å². The Morgan fingerprint density at radius 1 is 0.528 bits per heavy atom. The van der Waals surface area contributed by atoms with Crippen LogP contribution in [-0.4, -0.2) is 185 Å². The van der Waals surface area contributed by atoms with Crippen molar-refractivity contribution in [1.29, 1.82) is 0 Å². The predicted molar refractivity (Wildman–Crippen MR) is 383 cm³/mol. The van der Waals surface area contributed by atoms with E-state index in [1.54, 1.807) is 46.2 Å². The van der Waals surface area contributed by atoms with Crippen molar-refractivity contribution in [3.8, 4) is 0 Å². The van der Waals surface area contributed by atoms with Crippen molar-refractivity contribution in [2.24, 2.45) is 34.5 Å². The molecule has 4 heterocycles. The van der Waals surface area contributed by atoms with Gasteiger partial charge in [-0.2, -0.15) is 0 Å². The molecule has 10 rings (SSSR count). The summed E-state index contributed by atoms with van der Waals surface area (Å²) in [6.07, 6.45) is 21.8. The lowest BCUT2D eigenvalue weighted by atomic mass is 9.71. The summed E-state index contributed by atoms with van der Waals surface area (Å²) in [4.78, 5) is 135. The third-order valence-corrected chi connectivity index (χ3v) is 24.1. The number of nitrogens with two attached hydrogens (primary N) is 3. The SMILES string of the molecule is CC(CC(=O)c1ccc(S(C)(=O)=O)cc1)(CC1CCCCC1)C(=O)N1C[C@@H](n2nncc2C(C)(C)O)C[C@H]1C(=O)NC1(C(=O)C(N)=O)CCCCC1.CC(N)(CC1CCCCC1)C(=O)N1C[C@@H](n2nncc2C(C)(C)O)C[C@H]1C(=O)NC1(C(=O)C(N)=O)CCCCC1.CS(=O)(=O)c1ccc(C(=O)O)cc1.[Cl-]. The molecule has 6 atom stereocenters. The van der Waals surface area contributed by atoms with E-state index in [9.17, 15) is 70.2 Å². The first-order valence-corrected chi connectivity index (χ1v) is 40.2. The number of aliphatic hydroxyl groups is 2. The molecule has 33 heteroatoms. The fourth-order valence-corrected chi connectivity index (χ4v) is 17.5. The number of primary amides is 2. The summed E-state index contributed by atoms with van der Waals surface area (Å²) in [7, 11) is -6.72. The quantitative estimate of drug-likeness (QED) is 0.0368. The number of carboxylic acid groups (broad SMARTS) is 1. The van der Waals surface area contributed by atoms with Crippen molar-refractivity contribution in [2.75, 3.05) is 25.6 Å². The number of sulfone groups is 2. The molecule has 4 saturated carbocycles. The Bertz CT molecular complexity index is 4090. The highest BCUT2D eigenvalue weighted by atomic mass is 35.5. The molecule has 0 spiro atoms. The number of nitrogens with one attached hydrogen (secondary N) is 2. The third kappa shape index (κ3) is 20.7. The van der Waals surface area contributed by atoms with E-state index in [0.717, 1.165) is 83.1 Å². The molecule has 106 heavy (non-hydrogen) atoms. The fraction of sp³-hybridized carbons (Fsp3) is 0.644. The smallest absolute Gasteiger partial charge is 0.335 e. The van der Waals surface area contributed by atoms with Gasteiger partial charge in [0.1, 0.15) is 34.4 Å². The summed E-state index contributed by atoms with van der Waals surface area (Å²) in [5, 5.41) is 52.2. The van der Waals surface area contributed by atoms with Crippen LogP contribution in [-0.2, 0) is 69.2 Å². The number of hydrogen-bond acceptors (Lipinski definition) is 21. The first kappa shape index (κ1) is 85.3. The molecule has 2 unspecified atom stereocenters. The normalized spacial score (nSPS) is 21.9. The van der Waals surface area contributed by atoms with Gasteiger partial charge in [0.2, 0.25) is 35.2 Å². The number of carboxylic acids is 1. The first-order chi connectivity index (χ1) is 49.0. The molecular weight excluding hydrogens is 1430 g/mol. The molecule has 0 bridgehead atoms. The molecule has 584 valence electrons. The van der Waals surface area contributed by atoms with E-state index in [4.69, 9.17) is 22.3 Å². The van der Waals surface area contributed by atoms with Gasteiger partial charge in [-0.1, -0.05) is 132 Å². The monoisotopic (exact) mass is 1530 g/mol. The van der Waals surface area contributed by atoms with Gasteiger partial charge in [0.05, 0.1) is 62.2 Å². The van der Waals surface area contributed by atoms with Crippen LogP contribution in [0.4, 0.5) is 0 Å². The molecule has 11 N–H and O–H groups in total. The fourth-order valence-electron chi connectivity index (χ4n) is 16.3. The van der Waals surface area contributed by atoms with Gasteiger partial charge in [-0.15, -0.1) is 10.2 Å². The minimum Gasteiger partial charge on any atom is -1.00 e. The lowest BCUT2D eigenvalue weighted by Crippen LogP contribution is -3.00. The number of ketones is 3. The van der Waals surface area contributed by atoms with E-state index < -0.39 is 124 Å². The largest absolute Gasteiger partial charge is 1.00 e. The van der Waals surface area contributed by atoms with Crippen LogP contribution in [0.25, 0.3) is 0 Å². The van der Waals surface area contributed by atoms with Crippen molar-refractivity contribution in [2.45, 2.75) is 264 Å². The molecule has 4 aliphatic carbocycles. The molecular formula is C73H105ClN13O17S2-. The van der Waals surface area contributed by atoms with Gasteiger partial charge < -0.3 is 65.4 Å². The highest BCUT2D eigenvalue weighted by molar-refractivity contribution is 7.91. The second-order valence-electron chi connectivity index (χ2n) is 31.5. The van der Waals surface area contributed by atoms with Gasteiger partial charge in [0, 0.05) is 50.4 Å². The molecule has 6 fully saturated rings. The van der Waals surface area contributed by atoms with Crippen LogP contribution < -0.4 is 40.2 Å². The van der Waals surface area contributed by atoms with E-state index in [1.807, 2.05) is 0 Å². The second kappa shape index (κ2) is 34.5. The summed E-state index contributed by atoms with van der Waals surface area (Å²) in [5.74, 6) is -6.69. The summed E-state index contributed by atoms with van der Waals surface area (Å²) in [5.41, 5.74) is 10.8. The predicted octanol–water partition coefficient (Wildman–Crippen LogP) is 2.18. The number of aromatic carboxylic acids is 1. The topological polar surface area (TPSA) is 470 Å². The van der Waals surface area contributed by atoms with Crippen molar-refractivity contribution >= 4 is 78.4 Å². The Labute approximate surface area is 625 Å². The van der Waals surface area contributed by atoms with Crippen LogP contribution in [0.3, 0.4) is 0 Å². The number of likely N-dealkylation sites (tertiary alicyclic amines) is 2. The number of benzene rings is 2. The van der Waals surface area contributed by atoms with E-state index >= 15 is 4.79 Å². The van der Waals surface area contributed by atoms with Crippen molar-refractivity contribution < 1.29 is 92.5 Å². The standard InChI is InChI=1S/C37H52N6O8S.C28H45N7O5.C8H8O4S.ClH/c1-35(2,49)30-22-39-41-43(30)26-19-28(33(47)40-37(31(45)32(38)46)17-9-6-10-18-37)42(23-26)34(48)36(3,20-24-11-7-5-8-12-24)21-29(44)25-13-15-27(16-14-25)52(4,50)51;1-26(2,40)21-16-31-33-35(21)19-14-20(24(38)32-28(22(36)23(29)37)12-8-5-9-13-28)34(17-19)25(39)27(3,30)15-18-10-6-4-7-11-18;1-13(11,12)7-4-2-6(3-5-7)8(9)10;/h13-16,22,24,26,28,49H,5-12,17-21,23H2,1-4H3,(H2,38,46)(H,40,47);16,18-20,40H,4-15,17,30H2,1-3H3,(H2,29,37)(H,32,38);2-5H,1H3,(H,9,10);1H/p-1/t26-,28-,36?;19-,20-,27?;;/m00../s1. The summed E-state index contributed by atoms with van der Waals surface area (Å²) in [6.45, 7) is 10.0. The molecule has 2 aliphatic heterocycles. The second-order valence-corrected chi connectivity index (χ2v) is 35.5. The number of amides is 6. The van der Waals surface area contributed by atoms with E-state index in [-0.39, 0.29) is 96.1 Å². The Morgan fingerprint density at radius 2 is 0.877 bits per heavy atom. The lowest BCUT2D eigenvalue weighted by molar-refractivity contribution is -0.149. The summed E-state index contributed by atoms with van der Waals surface area (Å²) in [6, 6.07) is 7.63. The number of aromatic nitrogens is 6. The van der Waals surface area contributed by atoms with Crippen molar-refractivity contribution in [3.05, 3.63) is 83.4 Å². The zero-order valence-corrected chi connectivity index (χ0v) is 64.3. The Hall–Kier alpha value is -7.91. The number of carbonyl (C=O) groups is 10. The van der Waals surface area contributed by atoms with Crippen LogP contribution in [0, 0.1) is 17.3 Å². The van der Waals surface area contributed by atoms with Gasteiger partial charge in [-0.3, -0.25) is 43.2 Å². The van der Waals surface area contributed by atoms with Crippen LogP contribution in [0.5, 0.6) is 0 Å². The molecule has 6 amide bonds. The Balaban J connectivity index is 0.000000256. The number of halogens is 1. The van der Waals surface area contributed by atoms with Crippen LogP contribution in [0.15, 0.2) is 70.7 Å². The maximum atomic E-state index is 15.1. The molecule has 2 aromatic carbocycles. The molecule has 4 aromatic rings. The number of hydrogen-bond donors (Lipinski definition) is 8. The molecule has 6 aliphatic rings. The minimum atomic E-state index is -3.48. The van der Waals surface area contributed by atoms with Gasteiger partial charge >= 0.3 is 5.97 Å². The third-order valence-electron chi connectivity index (χ3n) is 21.8. The zero-order valence-electron chi connectivity index (χ0n) is 61.9. The van der Waals surface area contributed by atoms with E-state index in [1.165, 1.54) is 81.8 Å². The van der Waals surface area contributed by atoms with Gasteiger partial charge in [0.15, 0.2) is 25.5 Å². The highest BCUT2D eigenvalue weighted by Crippen LogP contribution is 2.44. The molecule has 30 nitrogen and oxygen atoms in total. The molecule has 2 saturated heterocycles. The number of nitrogens with zero attached hydrogens (tertiary/aromatic N) is 8. The number of rotatable bonds is 24. The summed E-state index contributed by atoms with van der Waals surface area (Å²) < 4.78 is 49.1. The summed E-state index contributed by atoms with van der Waals surface area (Å²) >= 11 is 0. The van der Waals surface area contributed by atoms with Crippen molar-refractivity contribution in [1.82, 2.24) is 50.4 Å². The van der Waals surface area contributed by atoms with Crippen LogP contribution in [0.2, 0.25) is 0 Å². The Kier molecular flexibility index (Phi) is 27.8. The maximum Gasteiger partial charge on any atom is 0.335 e. The number of Topliss-reactive ketones (excluding diaryl/α,β-unsaturated/α-hetero) is 3. The van der Waals surface area contributed by atoms with Crippen LogP contribution >= 0.6 is 0 Å². The lowest BCUT2D eigenvalue weighted by Gasteiger charge is -2.40. The number of carbonyl (C=O) groups excluding carboxylic acids is 9. The zero-order chi connectivity index (χ0) is 77.4. The molecule has 2 aromatic heterocycles. The first-order valence-electron chi connectivity index (χ1n) is 36.4. The van der Waals surface area contributed by atoms with E-state index in [0.29, 0.717) is 68.7 Å². The molecule has 0 radical (unpaired) electrons. The van der Waals surface area contributed by atoms with Gasteiger partial charge in [0.25, 0.3) is 11.8 Å². The van der Waals surface area contributed by atoms with Gasteiger partial charge in [-0.25, -0.2) is 31.0 Å². The average molecular weight is 1540 g/mol. The maximum absolute atomic E-state index is 15.1. The average Bonchev–Trinajstić information content (AvgIpc) is 1.06. The van der Waals surface area contributed by atoms with Crippen LogP contribution in [0.1, 0.15) is 246 Å². The Morgan fingerprint density at radius 3 is 1.23 bits per heavy atom. The van der Waals surface area contributed by atoms with E-state index in [2.05, 4.69) is 31.3 Å². The highest BCUT2D eigenvalue weighted by Gasteiger charge is 2.54. The minimum absolute atomic E-state index is 0. The van der Waals surface area contributed by atoms with Crippen molar-refractivity contribution in [3.63, 3.8) is 0 Å².